The molecule has 1 aromatic heterocycles. The Morgan fingerprint density at radius 2 is 2.05 bits per heavy atom. The van der Waals surface area contributed by atoms with Crippen LogP contribution in [-0.4, -0.2) is 21.7 Å². The Bertz CT molecular complexity index is 712. The summed E-state index contributed by atoms with van der Waals surface area (Å²) in [5, 5.41) is 24.4. The van der Waals surface area contributed by atoms with Gasteiger partial charge >= 0.3 is 0 Å². The van der Waals surface area contributed by atoms with Gasteiger partial charge in [-0.1, -0.05) is 6.07 Å². The number of carbonyl (C=O) groups is 2. The van der Waals surface area contributed by atoms with Crippen LogP contribution >= 0.6 is 11.3 Å². The lowest BCUT2D eigenvalue weighted by molar-refractivity contribution is -0.384. The van der Waals surface area contributed by atoms with E-state index in [1.165, 1.54) is 23.5 Å². The van der Waals surface area contributed by atoms with Crippen molar-refractivity contribution in [2.24, 2.45) is 0 Å². The van der Waals surface area contributed by atoms with Crippen LogP contribution < -0.4 is 5.32 Å². The molecule has 0 spiro atoms. The van der Waals surface area contributed by atoms with Gasteiger partial charge in [0, 0.05) is 18.9 Å². The van der Waals surface area contributed by atoms with Crippen molar-refractivity contribution in [2.45, 2.75) is 12.8 Å². The van der Waals surface area contributed by atoms with E-state index >= 15 is 0 Å². The van der Waals surface area contributed by atoms with Crippen molar-refractivity contribution in [1.29, 1.82) is 0 Å². The maximum atomic E-state index is 11.8. The molecule has 7 nitrogen and oxygen atoms in total. The number of nitro benzene ring substituents is 1. The molecule has 1 aromatic carbocycles. The SMILES string of the molecule is O=C(CCC(=O)c1cccs1)Nc1ccc([N+](=O)[O-])cc1O. The molecule has 0 saturated carbocycles. The van der Waals surface area contributed by atoms with Crippen LogP contribution in [0.1, 0.15) is 22.5 Å². The Morgan fingerprint density at radius 1 is 1.27 bits per heavy atom. The predicted octanol–water partition coefficient (Wildman–Crippen LogP) is 2.96. The zero-order valence-corrected chi connectivity index (χ0v) is 12.1. The second-order valence-electron chi connectivity index (χ2n) is 4.41. The molecule has 8 heteroatoms. The van der Waals surface area contributed by atoms with Gasteiger partial charge in [-0.2, -0.15) is 0 Å². The molecule has 0 bridgehead atoms. The number of phenols is 1. The second-order valence-corrected chi connectivity index (χ2v) is 5.35. The Balaban J connectivity index is 1.92. The number of hydrogen-bond donors (Lipinski definition) is 2. The number of anilines is 1. The molecule has 0 radical (unpaired) electrons. The number of rotatable bonds is 6. The van der Waals surface area contributed by atoms with Crippen molar-refractivity contribution >= 4 is 34.4 Å². The summed E-state index contributed by atoms with van der Waals surface area (Å²) in [7, 11) is 0. The minimum absolute atomic E-state index is 0.0346. The summed E-state index contributed by atoms with van der Waals surface area (Å²) < 4.78 is 0. The predicted molar refractivity (Wildman–Crippen MR) is 81.3 cm³/mol. The number of benzene rings is 1. The van der Waals surface area contributed by atoms with Gasteiger partial charge in [-0.05, 0) is 17.5 Å². The standard InChI is InChI=1S/C14H12N2O5S/c17-11(13-2-1-7-22-13)5-6-14(19)15-10-4-3-9(16(20)21)8-12(10)18/h1-4,7-8,18H,5-6H2,(H,15,19). The van der Waals surface area contributed by atoms with Crippen LogP contribution in [0, 0.1) is 10.1 Å². The molecule has 22 heavy (non-hydrogen) atoms. The highest BCUT2D eigenvalue weighted by Crippen LogP contribution is 2.28. The van der Waals surface area contributed by atoms with Crippen LogP contribution in [0.25, 0.3) is 0 Å². The zero-order valence-electron chi connectivity index (χ0n) is 11.3. The minimum atomic E-state index is -0.648. The van der Waals surface area contributed by atoms with Gasteiger partial charge in [0.2, 0.25) is 5.91 Å². The number of ketones is 1. The van der Waals surface area contributed by atoms with Gasteiger partial charge in [-0.25, -0.2) is 0 Å². The first-order valence-corrected chi connectivity index (χ1v) is 7.19. The minimum Gasteiger partial charge on any atom is -0.506 e. The number of phenolic OH excluding ortho intramolecular Hbond substituents is 1. The van der Waals surface area contributed by atoms with E-state index in [2.05, 4.69) is 5.32 Å². The van der Waals surface area contributed by atoms with Gasteiger partial charge in [0.25, 0.3) is 5.69 Å². The maximum Gasteiger partial charge on any atom is 0.273 e. The maximum absolute atomic E-state index is 11.8. The van der Waals surface area contributed by atoms with E-state index in [1.807, 2.05) is 0 Å². The number of amides is 1. The third-order valence-corrected chi connectivity index (χ3v) is 3.75. The fraction of sp³-hybridized carbons (Fsp3) is 0.143. The van der Waals surface area contributed by atoms with Crippen molar-refractivity contribution < 1.29 is 19.6 Å². The topological polar surface area (TPSA) is 110 Å². The van der Waals surface area contributed by atoms with Crippen molar-refractivity contribution in [3.05, 3.63) is 50.7 Å². The summed E-state index contributed by atoms with van der Waals surface area (Å²) in [6, 6.07) is 6.81. The Labute approximate surface area is 129 Å². The van der Waals surface area contributed by atoms with Crippen LogP contribution in [0.3, 0.4) is 0 Å². The number of carbonyl (C=O) groups excluding carboxylic acids is 2. The molecule has 0 aliphatic carbocycles. The molecule has 1 amide bonds. The monoisotopic (exact) mass is 320 g/mol. The average Bonchev–Trinajstić information content (AvgIpc) is 3.01. The lowest BCUT2D eigenvalue weighted by Gasteiger charge is -2.06. The number of non-ortho nitro benzene ring substituents is 1. The van der Waals surface area contributed by atoms with Gasteiger partial charge in [0.05, 0.1) is 21.6 Å². The molecule has 1 heterocycles. The van der Waals surface area contributed by atoms with E-state index in [0.717, 1.165) is 6.07 Å². The molecule has 0 unspecified atom stereocenters. The molecule has 114 valence electrons. The van der Waals surface area contributed by atoms with Crippen molar-refractivity contribution in [1.82, 2.24) is 0 Å². The van der Waals surface area contributed by atoms with Crippen LogP contribution in [-0.2, 0) is 4.79 Å². The van der Waals surface area contributed by atoms with Gasteiger partial charge in [-0.3, -0.25) is 19.7 Å². The highest BCUT2D eigenvalue weighted by atomic mass is 32.1. The number of thiophene rings is 1. The van der Waals surface area contributed by atoms with Crippen LogP contribution in [0.5, 0.6) is 5.75 Å². The zero-order chi connectivity index (χ0) is 16.1. The molecule has 0 aliphatic rings. The van der Waals surface area contributed by atoms with E-state index < -0.39 is 16.6 Å². The van der Waals surface area contributed by atoms with Gasteiger partial charge in [0.1, 0.15) is 5.75 Å². The lowest BCUT2D eigenvalue weighted by Crippen LogP contribution is -2.13. The Kier molecular flexibility index (Phi) is 4.84. The molecule has 0 saturated heterocycles. The largest absolute Gasteiger partial charge is 0.506 e. The summed E-state index contributed by atoms with van der Waals surface area (Å²) >= 11 is 1.31. The van der Waals surface area contributed by atoms with Crippen molar-refractivity contribution in [2.75, 3.05) is 5.32 Å². The van der Waals surface area contributed by atoms with Gasteiger partial charge < -0.3 is 10.4 Å². The van der Waals surface area contributed by atoms with Crippen LogP contribution in [0.2, 0.25) is 0 Å². The van der Waals surface area contributed by atoms with Crippen molar-refractivity contribution in [3.63, 3.8) is 0 Å². The van der Waals surface area contributed by atoms with E-state index in [9.17, 15) is 24.8 Å². The Morgan fingerprint density at radius 3 is 2.64 bits per heavy atom. The smallest absolute Gasteiger partial charge is 0.273 e. The average molecular weight is 320 g/mol. The normalized spacial score (nSPS) is 10.2. The number of hydrogen-bond acceptors (Lipinski definition) is 6. The molecule has 0 aliphatic heterocycles. The number of aromatic hydroxyl groups is 1. The number of Topliss-reactive ketones (excluding diaryl/α,β-unsaturated/α-hetero) is 1. The van der Waals surface area contributed by atoms with Crippen molar-refractivity contribution in [3.8, 4) is 5.75 Å². The highest BCUT2D eigenvalue weighted by molar-refractivity contribution is 7.12. The first kappa shape index (κ1) is 15.6. The molecule has 0 atom stereocenters. The molecule has 0 fully saturated rings. The first-order chi connectivity index (χ1) is 10.5. The van der Waals surface area contributed by atoms with Crippen LogP contribution in [0.15, 0.2) is 35.7 Å². The fourth-order valence-electron chi connectivity index (χ4n) is 1.74. The summed E-state index contributed by atoms with van der Waals surface area (Å²) in [5.41, 5.74) is -0.206. The Hall–Kier alpha value is -2.74. The first-order valence-electron chi connectivity index (χ1n) is 6.31. The highest BCUT2D eigenvalue weighted by Gasteiger charge is 2.14. The summed E-state index contributed by atoms with van der Waals surface area (Å²) in [6.07, 6.45) is 0.0211. The number of nitrogens with zero attached hydrogens (tertiary/aromatic N) is 1. The second kappa shape index (κ2) is 6.81. The molecular formula is C14H12N2O5S. The van der Waals surface area contributed by atoms with E-state index in [-0.39, 0.29) is 30.0 Å². The van der Waals surface area contributed by atoms with Gasteiger partial charge in [0.15, 0.2) is 5.78 Å². The lowest BCUT2D eigenvalue weighted by atomic mass is 10.2. The summed E-state index contributed by atoms with van der Waals surface area (Å²) in [6.45, 7) is 0. The number of nitro groups is 1. The number of nitrogens with one attached hydrogen (secondary N) is 1. The molecule has 2 aromatic rings. The van der Waals surface area contributed by atoms with Crippen LogP contribution in [0.4, 0.5) is 11.4 Å². The molecule has 2 rings (SSSR count). The third kappa shape index (κ3) is 3.89. The van der Waals surface area contributed by atoms with E-state index in [1.54, 1.807) is 17.5 Å². The third-order valence-electron chi connectivity index (χ3n) is 2.84. The summed E-state index contributed by atoms with van der Waals surface area (Å²) in [5.74, 6) is -0.973. The van der Waals surface area contributed by atoms with E-state index in [4.69, 9.17) is 0 Å². The molecular weight excluding hydrogens is 308 g/mol. The summed E-state index contributed by atoms with van der Waals surface area (Å²) in [4.78, 5) is 34.0. The van der Waals surface area contributed by atoms with Gasteiger partial charge in [-0.15, -0.1) is 11.3 Å². The fourth-order valence-corrected chi connectivity index (χ4v) is 2.43. The quantitative estimate of drug-likeness (QED) is 0.368. The molecule has 2 N–H and O–H groups in total. The van der Waals surface area contributed by atoms with E-state index in [0.29, 0.717) is 4.88 Å².